The molecule has 4 aromatic rings. The molecule has 0 saturated carbocycles. The lowest BCUT2D eigenvalue weighted by molar-refractivity contribution is 1.60. The third-order valence-electron chi connectivity index (χ3n) is 4.06. The fraction of sp³-hybridized carbons (Fsp3) is 0. The summed E-state index contributed by atoms with van der Waals surface area (Å²) in [6.45, 7) is 0. The molecule has 4 aromatic carbocycles. The van der Waals surface area contributed by atoms with E-state index in [1.807, 2.05) is 36.4 Å². The Labute approximate surface area is 141 Å². The highest BCUT2D eigenvalue weighted by Gasteiger charge is 2.13. The molecule has 0 aromatic heterocycles. The van der Waals surface area contributed by atoms with Gasteiger partial charge in [0.2, 0.25) is 0 Å². The lowest BCUT2D eigenvalue weighted by Gasteiger charge is -2.15. The predicted molar refractivity (Wildman–Crippen MR) is 98.7 cm³/mol. The second kappa shape index (κ2) is 5.91. The molecule has 0 N–H and O–H groups in total. The first kappa shape index (κ1) is 14.0. The molecule has 0 spiro atoms. The highest BCUT2D eigenvalue weighted by Crippen LogP contribution is 2.40. The Bertz CT molecular complexity index is 957. The monoisotopic (exact) mass is 313 g/mol. The average molecular weight is 314 g/mol. The zero-order valence-corrected chi connectivity index (χ0v) is 13.2. The molecular formula is C22H14Cl. The Kier molecular flexibility index (Phi) is 3.61. The molecule has 0 heterocycles. The second-order valence-corrected chi connectivity index (χ2v) is 5.88. The summed E-state index contributed by atoms with van der Waals surface area (Å²) >= 11 is 6.56. The van der Waals surface area contributed by atoms with Crippen LogP contribution in [-0.2, 0) is 0 Å². The molecule has 0 aliphatic carbocycles. The van der Waals surface area contributed by atoms with Crippen LogP contribution >= 0.6 is 11.6 Å². The summed E-state index contributed by atoms with van der Waals surface area (Å²) < 4.78 is 0. The number of benzene rings is 4. The topological polar surface area (TPSA) is 0 Å². The summed E-state index contributed by atoms with van der Waals surface area (Å²) in [5, 5.41) is 3.02. The average Bonchev–Trinajstić information content (AvgIpc) is 2.62. The van der Waals surface area contributed by atoms with Crippen LogP contribution in [0.1, 0.15) is 0 Å². The molecule has 0 atom stereocenters. The van der Waals surface area contributed by atoms with Crippen molar-refractivity contribution >= 4 is 22.4 Å². The van der Waals surface area contributed by atoms with Gasteiger partial charge in [0.05, 0.1) is 0 Å². The molecule has 0 aliphatic heterocycles. The normalized spacial score (nSPS) is 10.8. The Morgan fingerprint density at radius 3 is 2.30 bits per heavy atom. The first-order valence-corrected chi connectivity index (χ1v) is 7.96. The summed E-state index contributed by atoms with van der Waals surface area (Å²) in [5.41, 5.74) is 4.56. The Hall–Kier alpha value is -2.57. The van der Waals surface area contributed by atoms with Gasteiger partial charge in [0, 0.05) is 10.4 Å². The Balaban J connectivity index is 2.14. The molecule has 109 valence electrons. The van der Waals surface area contributed by atoms with Crippen LogP contribution in [0.4, 0.5) is 0 Å². The SMILES string of the molecule is Clc1cccc2ccc(-c3[c]cccc3)c(-c3ccccc3)c12. The van der Waals surface area contributed by atoms with Gasteiger partial charge in [-0.1, -0.05) is 90.5 Å². The minimum Gasteiger partial charge on any atom is -0.0836 e. The molecule has 0 nitrogen and oxygen atoms in total. The van der Waals surface area contributed by atoms with E-state index in [-0.39, 0.29) is 0 Å². The van der Waals surface area contributed by atoms with Gasteiger partial charge in [-0.25, -0.2) is 0 Å². The van der Waals surface area contributed by atoms with Crippen molar-refractivity contribution in [2.75, 3.05) is 0 Å². The van der Waals surface area contributed by atoms with Crippen LogP contribution < -0.4 is 0 Å². The van der Waals surface area contributed by atoms with Gasteiger partial charge in [0.1, 0.15) is 0 Å². The van der Waals surface area contributed by atoms with Gasteiger partial charge in [-0.05, 0) is 39.8 Å². The van der Waals surface area contributed by atoms with Gasteiger partial charge in [-0.2, -0.15) is 0 Å². The van der Waals surface area contributed by atoms with Crippen LogP contribution in [0.25, 0.3) is 33.0 Å². The molecule has 0 saturated heterocycles. The van der Waals surface area contributed by atoms with E-state index in [9.17, 15) is 0 Å². The lowest BCUT2D eigenvalue weighted by Crippen LogP contribution is -1.88. The molecule has 1 radical (unpaired) electrons. The van der Waals surface area contributed by atoms with Crippen LogP contribution in [0.3, 0.4) is 0 Å². The van der Waals surface area contributed by atoms with Crippen LogP contribution in [0.15, 0.2) is 84.9 Å². The van der Waals surface area contributed by atoms with Crippen molar-refractivity contribution in [1.29, 1.82) is 0 Å². The molecule has 0 bridgehead atoms. The Morgan fingerprint density at radius 2 is 1.52 bits per heavy atom. The van der Waals surface area contributed by atoms with E-state index in [2.05, 4.69) is 54.6 Å². The van der Waals surface area contributed by atoms with Gasteiger partial charge in [-0.15, -0.1) is 0 Å². The zero-order chi connectivity index (χ0) is 15.6. The van der Waals surface area contributed by atoms with Gasteiger partial charge in [0.25, 0.3) is 0 Å². The van der Waals surface area contributed by atoms with E-state index in [4.69, 9.17) is 11.6 Å². The fourth-order valence-electron chi connectivity index (χ4n) is 3.02. The van der Waals surface area contributed by atoms with Crippen LogP contribution in [-0.4, -0.2) is 0 Å². The van der Waals surface area contributed by atoms with Crippen molar-refractivity contribution in [1.82, 2.24) is 0 Å². The van der Waals surface area contributed by atoms with E-state index in [0.717, 1.165) is 32.5 Å². The maximum atomic E-state index is 6.56. The standard InChI is InChI=1S/C22H14Cl/c23-20-13-7-12-18-14-15-19(16-8-3-1-4-9-16)21(22(18)20)17-10-5-2-6-11-17/h1-8,10-15H. The summed E-state index contributed by atoms with van der Waals surface area (Å²) in [6.07, 6.45) is 0. The quantitative estimate of drug-likeness (QED) is 0.390. The smallest absolute Gasteiger partial charge is 0.0490 e. The van der Waals surface area contributed by atoms with Crippen LogP contribution in [0.5, 0.6) is 0 Å². The Morgan fingerprint density at radius 1 is 0.696 bits per heavy atom. The number of hydrogen-bond donors (Lipinski definition) is 0. The van der Waals surface area contributed by atoms with Crippen molar-refractivity contribution in [2.24, 2.45) is 0 Å². The highest BCUT2D eigenvalue weighted by molar-refractivity contribution is 6.37. The second-order valence-electron chi connectivity index (χ2n) is 5.47. The molecule has 0 unspecified atom stereocenters. The maximum Gasteiger partial charge on any atom is 0.0490 e. The number of halogens is 1. The summed E-state index contributed by atoms with van der Waals surface area (Å²) in [5.74, 6) is 0. The molecule has 1 heteroatoms. The van der Waals surface area contributed by atoms with Gasteiger partial charge < -0.3 is 0 Å². The van der Waals surface area contributed by atoms with Gasteiger partial charge in [-0.3, -0.25) is 0 Å². The molecule has 0 fully saturated rings. The van der Waals surface area contributed by atoms with Crippen molar-refractivity contribution in [2.45, 2.75) is 0 Å². The molecule has 23 heavy (non-hydrogen) atoms. The number of hydrogen-bond acceptors (Lipinski definition) is 0. The summed E-state index contributed by atoms with van der Waals surface area (Å²) in [6, 6.07) is 32.1. The van der Waals surface area contributed by atoms with Crippen molar-refractivity contribution in [3.8, 4) is 22.3 Å². The minimum absolute atomic E-state index is 0.777. The maximum absolute atomic E-state index is 6.56. The number of fused-ring (bicyclic) bond motifs is 1. The molecule has 4 rings (SSSR count). The third kappa shape index (κ3) is 2.52. The molecule has 0 aliphatic rings. The van der Waals surface area contributed by atoms with Gasteiger partial charge >= 0.3 is 0 Å². The van der Waals surface area contributed by atoms with Gasteiger partial charge in [0.15, 0.2) is 0 Å². The number of rotatable bonds is 2. The van der Waals surface area contributed by atoms with Crippen molar-refractivity contribution in [3.05, 3.63) is 96.0 Å². The first-order chi connectivity index (χ1) is 11.3. The lowest BCUT2D eigenvalue weighted by atomic mass is 9.90. The summed E-state index contributed by atoms with van der Waals surface area (Å²) in [4.78, 5) is 0. The minimum atomic E-state index is 0.777. The molecular weight excluding hydrogens is 300 g/mol. The van der Waals surface area contributed by atoms with E-state index in [1.165, 1.54) is 5.56 Å². The molecule has 0 amide bonds. The summed E-state index contributed by atoms with van der Waals surface area (Å²) in [7, 11) is 0. The van der Waals surface area contributed by atoms with Crippen LogP contribution in [0, 0.1) is 6.07 Å². The third-order valence-corrected chi connectivity index (χ3v) is 4.37. The van der Waals surface area contributed by atoms with Crippen molar-refractivity contribution in [3.63, 3.8) is 0 Å². The first-order valence-electron chi connectivity index (χ1n) is 7.58. The van der Waals surface area contributed by atoms with Crippen molar-refractivity contribution < 1.29 is 0 Å². The highest BCUT2D eigenvalue weighted by atomic mass is 35.5. The predicted octanol–water partition coefficient (Wildman–Crippen LogP) is 6.63. The van der Waals surface area contributed by atoms with E-state index in [1.54, 1.807) is 0 Å². The fourth-order valence-corrected chi connectivity index (χ4v) is 3.30. The van der Waals surface area contributed by atoms with E-state index < -0.39 is 0 Å². The zero-order valence-electron chi connectivity index (χ0n) is 12.5. The van der Waals surface area contributed by atoms with E-state index in [0.29, 0.717) is 0 Å². The van der Waals surface area contributed by atoms with E-state index >= 15 is 0 Å². The van der Waals surface area contributed by atoms with Crippen LogP contribution in [0.2, 0.25) is 5.02 Å². The largest absolute Gasteiger partial charge is 0.0836 e.